The van der Waals surface area contributed by atoms with Crippen LogP contribution in [0, 0.1) is 0 Å². The SMILES string of the molecule is O=C(c1ccc(Br)cc1)N1CCN(c2nc3ccccc3s2)CC1. The highest BCUT2D eigenvalue weighted by molar-refractivity contribution is 9.10. The van der Waals surface area contributed by atoms with Crippen LogP contribution in [-0.2, 0) is 0 Å². The van der Waals surface area contributed by atoms with Crippen molar-refractivity contribution in [3.8, 4) is 0 Å². The first kappa shape index (κ1) is 15.6. The minimum atomic E-state index is 0.103. The number of benzene rings is 2. The molecule has 0 radical (unpaired) electrons. The smallest absolute Gasteiger partial charge is 0.253 e. The molecule has 1 saturated heterocycles. The van der Waals surface area contributed by atoms with Gasteiger partial charge in [-0.15, -0.1) is 0 Å². The number of carbonyl (C=O) groups excluding carboxylic acids is 1. The van der Waals surface area contributed by atoms with Crippen LogP contribution >= 0.6 is 27.3 Å². The maximum Gasteiger partial charge on any atom is 0.253 e. The minimum absolute atomic E-state index is 0.103. The normalized spacial score (nSPS) is 15.0. The Hall–Kier alpha value is -1.92. The summed E-state index contributed by atoms with van der Waals surface area (Å²) in [4.78, 5) is 21.5. The van der Waals surface area contributed by atoms with Gasteiger partial charge in [0.2, 0.25) is 0 Å². The number of anilines is 1. The molecular formula is C18H16BrN3OS. The largest absolute Gasteiger partial charge is 0.345 e. The van der Waals surface area contributed by atoms with Crippen molar-refractivity contribution >= 4 is 48.5 Å². The molecule has 0 N–H and O–H groups in total. The monoisotopic (exact) mass is 401 g/mol. The molecule has 4 rings (SSSR count). The van der Waals surface area contributed by atoms with E-state index in [2.05, 4.69) is 26.9 Å². The Labute approximate surface area is 152 Å². The van der Waals surface area contributed by atoms with Crippen LogP contribution in [0.2, 0.25) is 0 Å². The van der Waals surface area contributed by atoms with Gasteiger partial charge in [0.05, 0.1) is 10.2 Å². The van der Waals surface area contributed by atoms with E-state index in [1.807, 2.05) is 47.4 Å². The number of thiazole rings is 1. The Kier molecular flexibility index (Phi) is 4.24. The van der Waals surface area contributed by atoms with Gasteiger partial charge in [-0.1, -0.05) is 39.4 Å². The molecule has 1 fully saturated rings. The molecule has 1 aromatic heterocycles. The van der Waals surface area contributed by atoms with E-state index in [0.29, 0.717) is 0 Å². The van der Waals surface area contributed by atoms with Gasteiger partial charge in [-0.3, -0.25) is 4.79 Å². The van der Waals surface area contributed by atoms with E-state index in [1.54, 1.807) is 11.3 Å². The van der Waals surface area contributed by atoms with Crippen molar-refractivity contribution in [3.63, 3.8) is 0 Å². The lowest BCUT2D eigenvalue weighted by atomic mass is 10.2. The maximum atomic E-state index is 12.6. The van der Waals surface area contributed by atoms with E-state index < -0.39 is 0 Å². The molecular weight excluding hydrogens is 386 g/mol. The first-order valence-electron chi connectivity index (χ1n) is 7.86. The van der Waals surface area contributed by atoms with Gasteiger partial charge < -0.3 is 9.80 Å². The van der Waals surface area contributed by atoms with Crippen LogP contribution in [0.15, 0.2) is 53.0 Å². The predicted molar refractivity (Wildman–Crippen MR) is 102 cm³/mol. The molecule has 0 aliphatic carbocycles. The second-order valence-corrected chi connectivity index (χ2v) is 7.68. The number of fused-ring (bicyclic) bond motifs is 1. The second kappa shape index (κ2) is 6.53. The van der Waals surface area contributed by atoms with Crippen molar-refractivity contribution in [1.29, 1.82) is 0 Å². The van der Waals surface area contributed by atoms with E-state index in [0.717, 1.165) is 46.9 Å². The standard InChI is InChI=1S/C18H16BrN3OS/c19-14-7-5-13(6-8-14)17(23)21-9-11-22(12-10-21)18-20-15-3-1-2-4-16(15)24-18/h1-8H,9-12H2. The summed E-state index contributed by atoms with van der Waals surface area (Å²) in [7, 11) is 0. The molecule has 122 valence electrons. The Morgan fingerprint density at radius 1 is 1.00 bits per heavy atom. The zero-order chi connectivity index (χ0) is 16.5. The lowest BCUT2D eigenvalue weighted by Gasteiger charge is -2.34. The molecule has 3 aromatic rings. The molecule has 1 amide bonds. The fourth-order valence-electron chi connectivity index (χ4n) is 2.87. The number of nitrogens with zero attached hydrogens (tertiary/aromatic N) is 3. The fraction of sp³-hybridized carbons (Fsp3) is 0.222. The van der Waals surface area contributed by atoms with Crippen molar-refractivity contribution in [2.45, 2.75) is 0 Å². The number of hydrogen-bond acceptors (Lipinski definition) is 4. The van der Waals surface area contributed by atoms with Crippen molar-refractivity contribution in [2.24, 2.45) is 0 Å². The van der Waals surface area contributed by atoms with Crippen molar-refractivity contribution in [3.05, 3.63) is 58.6 Å². The van der Waals surface area contributed by atoms with Gasteiger partial charge >= 0.3 is 0 Å². The van der Waals surface area contributed by atoms with Crippen LogP contribution in [-0.4, -0.2) is 42.0 Å². The van der Waals surface area contributed by atoms with Gasteiger partial charge in [-0.2, -0.15) is 0 Å². The summed E-state index contributed by atoms with van der Waals surface area (Å²) in [5.41, 5.74) is 1.79. The zero-order valence-electron chi connectivity index (χ0n) is 13.0. The minimum Gasteiger partial charge on any atom is -0.345 e. The fourth-order valence-corrected chi connectivity index (χ4v) is 4.15. The maximum absolute atomic E-state index is 12.6. The lowest BCUT2D eigenvalue weighted by Crippen LogP contribution is -2.48. The third-order valence-electron chi connectivity index (χ3n) is 4.21. The van der Waals surface area contributed by atoms with E-state index in [1.165, 1.54) is 4.70 Å². The van der Waals surface area contributed by atoms with Gasteiger partial charge in [0.25, 0.3) is 5.91 Å². The Morgan fingerprint density at radius 2 is 1.71 bits per heavy atom. The molecule has 1 aliphatic heterocycles. The topological polar surface area (TPSA) is 36.4 Å². The number of hydrogen-bond donors (Lipinski definition) is 0. The quantitative estimate of drug-likeness (QED) is 0.650. The number of amides is 1. The molecule has 0 bridgehead atoms. The Bertz CT molecular complexity index is 836. The van der Waals surface area contributed by atoms with Gasteiger partial charge in [0, 0.05) is 36.2 Å². The zero-order valence-corrected chi connectivity index (χ0v) is 15.4. The molecule has 2 aromatic carbocycles. The summed E-state index contributed by atoms with van der Waals surface area (Å²) in [6.45, 7) is 3.10. The average Bonchev–Trinajstić information content (AvgIpc) is 3.06. The van der Waals surface area contributed by atoms with Crippen LogP contribution in [0.25, 0.3) is 10.2 Å². The lowest BCUT2D eigenvalue weighted by molar-refractivity contribution is 0.0747. The molecule has 0 unspecified atom stereocenters. The van der Waals surface area contributed by atoms with Gasteiger partial charge in [-0.25, -0.2) is 4.98 Å². The van der Waals surface area contributed by atoms with Crippen molar-refractivity contribution in [1.82, 2.24) is 9.88 Å². The summed E-state index contributed by atoms with van der Waals surface area (Å²) in [5.74, 6) is 0.103. The molecule has 1 aliphatic rings. The van der Waals surface area contributed by atoms with Crippen LogP contribution in [0.3, 0.4) is 0 Å². The number of para-hydroxylation sites is 1. The highest BCUT2D eigenvalue weighted by Gasteiger charge is 2.23. The average molecular weight is 402 g/mol. The molecule has 24 heavy (non-hydrogen) atoms. The summed E-state index contributed by atoms with van der Waals surface area (Å²) >= 11 is 5.12. The molecule has 0 saturated carbocycles. The number of halogens is 1. The van der Waals surface area contributed by atoms with E-state index in [9.17, 15) is 4.79 Å². The molecule has 4 nitrogen and oxygen atoms in total. The molecule has 0 atom stereocenters. The summed E-state index contributed by atoms with van der Waals surface area (Å²) in [6, 6.07) is 15.8. The summed E-state index contributed by atoms with van der Waals surface area (Å²) < 4.78 is 2.19. The van der Waals surface area contributed by atoms with Gasteiger partial charge in [-0.05, 0) is 36.4 Å². The van der Waals surface area contributed by atoms with Crippen LogP contribution in [0.4, 0.5) is 5.13 Å². The third kappa shape index (κ3) is 3.03. The van der Waals surface area contributed by atoms with E-state index >= 15 is 0 Å². The first-order valence-corrected chi connectivity index (χ1v) is 9.47. The van der Waals surface area contributed by atoms with Gasteiger partial charge in [0.1, 0.15) is 0 Å². The Morgan fingerprint density at radius 3 is 2.42 bits per heavy atom. The van der Waals surface area contributed by atoms with Crippen molar-refractivity contribution in [2.75, 3.05) is 31.1 Å². The van der Waals surface area contributed by atoms with Crippen molar-refractivity contribution < 1.29 is 4.79 Å². The predicted octanol–water partition coefficient (Wildman–Crippen LogP) is 4.02. The number of aromatic nitrogens is 1. The molecule has 0 spiro atoms. The van der Waals surface area contributed by atoms with Crippen LogP contribution < -0.4 is 4.90 Å². The van der Waals surface area contributed by atoms with E-state index in [4.69, 9.17) is 4.98 Å². The van der Waals surface area contributed by atoms with Gasteiger partial charge in [0.15, 0.2) is 5.13 Å². The number of rotatable bonds is 2. The van der Waals surface area contributed by atoms with Crippen LogP contribution in [0.5, 0.6) is 0 Å². The number of piperazine rings is 1. The van der Waals surface area contributed by atoms with Crippen LogP contribution in [0.1, 0.15) is 10.4 Å². The number of carbonyl (C=O) groups is 1. The van der Waals surface area contributed by atoms with E-state index in [-0.39, 0.29) is 5.91 Å². The molecule has 2 heterocycles. The summed E-state index contributed by atoms with van der Waals surface area (Å²) in [6.07, 6.45) is 0. The summed E-state index contributed by atoms with van der Waals surface area (Å²) in [5, 5.41) is 1.05. The first-order chi connectivity index (χ1) is 11.7. The third-order valence-corrected chi connectivity index (χ3v) is 5.84. The highest BCUT2D eigenvalue weighted by Crippen LogP contribution is 2.29. The highest BCUT2D eigenvalue weighted by atomic mass is 79.9. The molecule has 6 heteroatoms. The Balaban J connectivity index is 1.44. The second-order valence-electron chi connectivity index (χ2n) is 5.75.